The molecule has 0 N–H and O–H groups in total. The van der Waals surface area contributed by atoms with Gasteiger partial charge in [-0.3, -0.25) is 4.90 Å². The second kappa shape index (κ2) is 10.9. The fourth-order valence-corrected chi connectivity index (χ4v) is 10.3. The molecule has 0 bridgehead atoms. The van der Waals surface area contributed by atoms with Crippen LogP contribution in [-0.2, 0) is 11.0 Å². The molecule has 2 nitrogen and oxygen atoms in total. The summed E-state index contributed by atoms with van der Waals surface area (Å²) >= 11 is 0. The molecule has 0 radical (unpaired) electrons. The lowest BCUT2D eigenvalue weighted by atomic mass is 9.97. The molecule has 0 aromatic heterocycles. The Morgan fingerprint density at radius 2 is 1.38 bits per heavy atom. The summed E-state index contributed by atoms with van der Waals surface area (Å²) in [5, 5.41) is 2.66. The smallest absolute Gasteiger partial charge is 0.263 e. The minimum Gasteiger partial charge on any atom is -0.392 e. The lowest BCUT2D eigenvalue weighted by Crippen LogP contribution is -2.69. The molecule has 1 aliphatic rings. The van der Waals surface area contributed by atoms with E-state index < -0.39 is 8.32 Å². The first-order chi connectivity index (χ1) is 16.5. The monoisotopic (exact) mass is 469 g/mol. The number of rotatable bonds is 8. The van der Waals surface area contributed by atoms with Gasteiger partial charge in [0, 0.05) is 12.6 Å². The molecule has 3 aromatic carbocycles. The van der Waals surface area contributed by atoms with E-state index in [1.54, 1.807) is 0 Å². The summed E-state index contributed by atoms with van der Waals surface area (Å²) in [7, 11) is -2.62. The molecule has 1 heterocycles. The van der Waals surface area contributed by atoms with Gasteiger partial charge in [0.1, 0.15) is 6.23 Å². The maximum atomic E-state index is 7.61. The van der Waals surface area contributed by atoms with Crippen molar-refractivity contribution in [3.8, 4) is 0 Å². The molecule has 3 aromatic rings. The van der Waals surface area contributed by atoms with Gasteiger partial charge in [-0.15, -0.1) is 6.58 Å². The van der Waals surface area contributed by atoms with Crippen LogP contribution in [0.25, 0.3) is 0 Å². The third-order valence-corrected chi connectivity index (χ3v) is 12.2. The van der Waals surface area contributed by atoms with E-state index in [1.807, 2.05) is 0 Å². The maximum absolute atomic E-state index is 7.61. The molecule has 4 rings (SSSR count). The molecule has 1 saturated heterocycles. The van der Waals surface area contributed by atoms with E-state index in [2.05, 4.69) is 129 Å². The first-order valence-electron chi connectivity index (χ1n) is 12.6. The van der Waals surface area contributed by atoms with Crippen LogP contribution in [0.5, 0.6) is 0 Å². The second-order valence-corrected chi connectivity index (χ2v) is 14.8. The zero-order valence-electron chi connectivity index (χ0n) is 21.0. The lowest BCUT2D eigenvalue weighted by Gasteiger charge is -2.50. The zero-order chi connectivity index (χ0) is 24.0. The largest absolute Gasteiger partial charge is 0.392 e. The molecular formula is C31H39NOSi. The summed E-state index contributed by atoms with van der Waals surface area (Å²) in [6, 6.07) is 33.3. The average molecular weight is 470 g/mol. The topological polar surface area (TPSA) is 12.5 Å². The predicted molar refractivity (Wildman–Crippen MR) is 147 cm³/mol. The van der Waals surface area contributed by atoms with Crippen molar-refractivity contribution < 1.29 is 4.43 Å². The third-order valence-electron chi connectivity index (χ3n) is 7.20. The summed E-state index contributed by atoms with van der Waals surface area (Å²) < 4.78 is 7.61. The van der Waals surface area contributed by atoms with Crippen molar-refractivity contribution in [1.29, 1.82) is 0 Å². The van der Waals surface area contributed by atoms with Gasteiger partial charge in [-0.1, -0.05) is 118 Å². The van der Waals surface area contributed by atoms with Gasteiger partial charge in [-0.05, 0) is 46.7 Å². The van der Waals surface area contributed by atoms with E-state index in [0.29, 0.717) is 6.04 Å². The molecule has 0 amide bonds. The highest BCUT2D eigenvalue weighted by molar-refractivity contribution is 6.99. The van der Waals surface area contributed by atoms with Gasteiger partial charge >= 0.3 is 0 Å². The van der Waals surface area contributed by atoms with Crippen LogP contribution < -0.4 is 10.4 Å². The van der Waals surface area contributed by atoms with E-state index in [0.717, 1.165) is 19.4 Å². The molecule has 1 aliphatic heterocycles. The highest BCUT2D eigenvalue weighted by Crippen LogP contribution is 2.40. The van der Waals surface area contributed by atoms with Crippen molar-refractivity contribution in [2.24, 2.45) is 0 Å². The van der Waals surface area contributed by atoms with Crippen LogP contribution in [0, 0.1) is 0 Å². The minimum absolute atomic E-state index is 0.0283. The van der Waals surface area contributed by atoms with E-state index in [9.17, 15) is 0 Å². The van der Waals surface area contributed by atoms with Gasteiger partial charge in [-0.2, -0.15) is 0 Å². The van der Waals surface area contributed by atoms with Crippen LogP contribution in [0.3, 0.4) is 0 Å². The number of nitrogens with zero attached hydrogens (tertiary/aromatic N) is 1. The summed E-state index contributed by atoms with van der Waals surface area (Å²) in [4.78, 5) is 2.62. The van der Waals surface area contributed by atoms with Crippen LogP contribution in [0.2, 0.25) is 5.04 Å². The van der Waals surface area contributed by atoms with E-state index in [1.165, 1.54) is 28.8 Å². The Bertz CT molecular complexity index is 990. The Kier molecular flexibility index (Phi) is 7.87. The maximum Gasteiger partial charge on any atom is 0.263 e. The number of hydrogen-bond acceptors (Lipinski definition) is 2. The SMILES string of the molecule is C=CC[C@@H]1CCC[C@@H](O[Si](c2ccccc2)(c2ccccc2)C(C)(C)C)N1Cc1ccccc1. The van der Waals surface area contributed by atoms with E-state index in [-0.39, 0.29) is 11.3 Å². The Morgan fingerprint density at radius 3 is 1.88 bits per heavy atom. The minimum atomic E-state index is -2.62. The molecule has 0 spiro atoms. The molecular weight excluding hydrogens is 430 g/mol. The van der Waals surface area contributed by atoms with Gasteiger partial charge in [0.15, 0.2) is 0 Å². The molecule has 178 valence electrons. The van der Waals surface area contributed by atoms with Gasteiger partial charge in [0.25, 0.3) is 8.32 Å². The second-order valence-electron chi connectivity index (χ2n) is 10.5. The molecule has 2 atom stereocenters. The normalized spacial score (nSPS) is 19.6. The van der Waals surface area contributed by atoms with Crippen molar-refractivity contribution in [2.75, 3.05) is 0 Å². The zero-order valence-corrected chi connectivity index (χ0v) is 22.0. The van der Waals surface area contributed by atoms with Gasteiger partial charge < -0.3 is 4.43 Å². The number of benzene rings is 3. The van der Waals surface area contributed by atoms with Crippen molar-refractivity contribution in [1.82, 2.24) is 4.90 Å². The molecule has 34 heavy (non-hydrogen) atoms. The predicted octanol–water partition coefficient (Wildman–Crippen LogP) is 6.52. The van der Waals surface area contributed by atoms with Crippen molar-refractivity contribution in [2.45, 2.75) is 70.3 Å². The molecule has 0 aliphatic carbocycles. The van der Waals surface area contributed by atoms with E-state index >= 15 is 0 Å². The van der Waals surface area contributed by atoms with Crippen molar-refractivity contribution >= 4 is 18.7 Å². The molecule has 0 unspecified atom stereocenters. The number of piperidine rings is 1. The Balaban J connectivity index is 1.81. The Labute approximate surface area is 207 Å². The van der Waals surface area contributed by atoms with Gasteiger partial charge in [-0.25, -0.2) is 0 Å². The third kappa shape index (κ3) is 5.12. The number of hydrogen-bond donors (Lipinski definition) is 0. The first kappa shape index (κ1) is 24.7. The molecule has 1 fully saturated rings. The summed E-state index contributed by atoms with van der Waals surface area (Å²) in [5.74, 6) is 0. The fraction of sp³-hybridized carbons (Fsp3) is 0.355. The van der Waals surface area contributed by atoms with Gasteiger partial charge in [0.05, 0.1) is 0 Å². The molecule has 0 saturated carbocycles. The fourth-order valence-electron chi connectivity index (χ4n) is 5.59. The Hall–Kier alpha value is -2.46. The highest BCUT2D eigenvalue weighted by atomic mass is 28.4. The number of likely N-dealkylation sites (tertiary alicyclic amines) is 1. The molecule has 3 heteroatoms. The van der Waals surface area contributed by atoms with E-state index in [4.69, 9.17) is 4.43 Å². The van der Waals surface area contributed by atoms with Crippen molar-refractivity contribution in [3.05, 3.63) is 109 Å². The van der Waals surface area contributed by atoms with Crippen LogP contribution in [0.1, 0.15) is 52.0 Å². The highest BCUT2D eigenvalue weighted by Gasteiger charge is 2.52. The summed E-state index contributed by atoms with van der Waals surface area (Å²) in [6.45, 7) is 12.1. The summed E-state index contributed by atoms with van der Waals surface area (Å²) in [5.41, 5.74) is 1.34. The average Bonchev–Trinajstić information content (AvgIpc) is 2.85. The first-order valence-corrected chi connectivity index (χ1v) is 14.6. The standard InChI is InChI=1S/C31H39NOSi/c1-5-16-27-19-15-24-30(32(27)25-26-17-9-6-10-18-26)33-34(31(2,3)4,28-20-11-7-12-21-28)29-22-13-8-14-23-29/h5-14,17-18,20-23,27,30H,1,15-16,19,24-25H2,2-4H3/t27-,30-/m1/s1. The van der Waals surface area contributed by atoms with Crippen LogP contribution in [0.4, 0.5) is 0 Å². The van der Waals surface area contributed by atoms with Crippen LogP contribution in [0.15, 0.2) is 104 Å². The van der Waals surface area contributed by atoms with Crippen LogP contribution >= 0.6 is 0 Å². The van der Waals surface area contributed by atoms with Crippen molar-refractivity contribution in [3.63, 3.8) is 0 Å². The Morgan fingerprint density at radius 1 is 0.853 bits per heavy atom. The van der Waals surface area contributed by atoms with Crippen LogP contribution in [-0.4, -0.2) is 25.5 Å². The van der Waals surface area contributed by atoms with Gasteiger partial charge in [0.2, 0.25) is 0 Å². The lowest BCUT2D eigenvalue weighted by molar-refractivity contribution is -0.0499. The quantitative estimate of drug-likeness (QED) is 0.275. The summed E-state index contributed by atoms with van der Waals surface area (Å²) in [6.07, 6.45) is 6.59.